The number of anilines is 2. The first kappa shape index (κ1) is 25.6. The van der Waals surface area contributed by atoms with Gasteiger partial charge in [0.05, 0.1) is 24.9 Å². The molecule has 14 nitrogen and oxygen atoms in total. The fourth-order valence-corrected chi connectivity index (χ4v) is 6.29. The van der Waals surface area contributed by atoms with Crippen LogP contribution in [0.15, 0.2) is 33.8 Å². The first-order chi connectivity index (χ1) is 17.2. The van der Waals surface area contributed by atoms with Crippen molar-refractivity contribution in [1.82, 2.24) is 24.6 Å². The van der Waals surface area contributed by atoms with Gasteiger partial charge in [0, 0.05) is 29.1 Å². The first-order valence-electron chi connectivity index (χ1n) is 10.4. The van der Waals surface area contributed by atoms with Gasteiger partial charge < -0.3 is 31.5 Å². The number of hydrogen-bond donors (Lipinski definition) is 3. The van der Waals surface area contributed by atoms with Crippen LogP contribution in [0.5, 0.6) is 0 Å². The molecule has 4 heterocycles. The van der Waals surface area contributed by atoms with E-state index in [2.05, 4.69) is 24.8 Å². The molecular weight excluding hydrogens is 530 g/mol. The number of β-lactam (4-membered cyclic amide) rings is 1. The van der Waals surface area contributed by atoms with E-state index >= 15 is 0 Å². The maximum Gasteiger partial charge on any atom is 0.361 e. The van der Waals surface area contributed by atoms with Gasteiger partial charge in [-0.15, -0.1) is 11.8 Å². The van der Waals surface area contributed by atoms with Crippen molar-refractivity contribution < 1.29 is 28.9 Å². The number of carboxylic acid groups (broad SMARTS) is 1. The number of rotatable bonds is 9. The SMILES string of the molecule is CCO/N=C(\C(=O)NC1C(=O)N2C(C(=O)[O-])=C(CSc3nc(N)cc[n+]3C)CS[C@H]12)c1nsc(N)n1. The third kappa shape index (κ3) is 5.07. The van der Waals surface area contributed by atoms with Gasteiger partial charge in [-0.1, -0.05) is 5.16 Å². The Morgan fingerprint density at radius 1 is 1.42 bits per heavy atom. The number of nitrogens with zero attached hydrogens (tertiary/aromatic N) is 6. The number of aromatic nitrogens is 4. The topological polar surface area (TPSA) is 206 Å². The smallest absolute Gasteiger partial charge is 0.361 e. The molecule has 0 saturated carbocycles. The average molecular weight is 552 g/mol. The molecule has 2 amide bonds. The van der Waals surface area contributed by atoms with E-state index in [0.717, 1.165) is 16.4 Å². The molecule has 2 aliphatic heterocycles. The number of oxime groups is 1. The van der Waals surface area contributed by atoms with Crippen molar-refractivity contribution in [3.05, 3.63) is 29.4 Å². The summed E-state index contributed by atoms with van der Waals surface area (Å²) in [4.78, 5) is 52.2. The minimum Gasteiger partial charge on any atom is -0.543 e. The lowest BCUT2D eigenvalue weighted by atomic mass is 10.0. The summed E-state index contributed by atoms with van der Waals surface area (Å²) in [6.07, 6.45) is 1.75. The monoisotopic (exact) mass is 551 g/mol. The van der Waals surface area contributed by atoms with Crippen LogP contribution < -0.4 is 26.5 Å². The molecule has 36 heavy (non-hydrogen) atoms. The van der Waals surface area contributed by atoms with E-state index in [1.807, 2.05) is 0 Å². The van der Waals surface area contributed by atoms with Crippen LogP contribution in [0, 0.1) is 0 Å². The molecule has 1 unspecified atom stereocenters. The van der Waals surface area contributed by atoms with Gasteiger partial charge in [0.1, 0.15) is 18.0 Å². The Labute approximate surface area is 217 Å². The number of carbonyl (C=O) groups excluding carboxylic acids is 3. The highest BCUT2D eigenvalue weighted by Crippen LogP contribution is 2.41. The Hall–Kier alpha value is -3.44. The molecule has 1 saturated heterocycles. The Balaban J connectivity index is 1.50. The average Bonchev–Trinajstić information content (AvgIpc) is 3.28. The number of nitrogen functional groups attached to an aromatic ring is 2. The van der Waals surface area contributed by atoms with Gasteiger partial charge in [-0.3, -0.25) is 14.5 Å². The highest BCUT2D eigenvalue weighted by atomic mass is 32.2. The van der Waals surface area contributed by atoms with Crippen molar-refractivity contribution in [3.8, 4) is 0 Å². The molecule has 0 bridgehead atoms. The molecule has 17 heteroatoms. The number of aliphatic carboxylic acids is 1. The van der Waals surface area contributed by atoms with E-state index in [1.54, 1.807) is 30.8 Å². The lowest BCUT2D eigenvalue weighted by molar-refractivity contribution is -0.713. The number of carbonyl (C=O) groups is 3. The van der Waals surface area contributed by atoms with E-state index in [1.165, 1.54) is 23.5 Å². The van der Waals surface area contributed by atoms with E-state index < -0.39 is 29.2 Å². The fraction of sp³-hybridized carbons (Fsp3) is 0.368. The summed E-state index contributed by atoms with van der Waals surface area (Å²) >= 11 is 3.49. The summed E-state index contributed by atoms with van der Waals surface area (Å²) in [6.45, 7) is 1.87. The predicted octanol–water partition coefficient (Wildman–Crippen LogP) is -2.14. The summed E-state index contributed by atoms with van der Waals surface area (Å²) in [7, 11) is 1.79. The standard InChI is InChI=1S/C19H21N9O5S3/c1-3-33-25-10(13-24-18(21)36-26-13)14(29)23-11-15(30)28-12(17(31)32)8(6-34-16(11)28)7-35-19-22-9(20)4-5-27(19)2/h4-5,11,16,20H,3,6-7H2,1-2H3,(H4,21,23,24,26,29,31,32)/b25-10-/t11?,16-/m1/s1. The third-order valence-electron chi connectivity index (χ3n) is 5.05. The molecule has 1 fully saturated rings. The molecule has 0 radical (unpaired) electrons. The lowest BCUT2D eigenvalue weighted by Crippen LogP contribution is -2.71. The second kappa shape index (κ2) is 10.7. The predicted molar refractivity (Wildman–Crippen MR) is 130 cm³/mol. The van der Waals surface area contributed by atoms with Gasteiger partial charge in [-0.05, 0) is 29.2 Å². The highest BCUT2D eigenvalue weighted by Gasteiger charge is 2.53. The molecule has 2 aromatic rings. The molecule has 2 aliphatic rings. The molecule has 0 aliphatic carbocycles. The van der Waals surface area contributed by atoms with Gasteiger partial charge in [0.15, 0.2) is 5.13 Å². The molecule has 0 aromatic carbocycles. The number of thioether (sulfide) groups is 2. The molecule has 5 N–H and O–H groups in total. The van der Waals surface area contributed by atoms with Crippen LogP contribution in [0.2, 0.25) is 0 Å². The second-order valence-electron chi connectivity index (χ2n) is 7.45. The van der Waals surface area contributed by atoms with E-state index in [9.17, 15) is 19.5 Å². The van der Waals surface area contributed by atoms with Crippen LogP contribution in [-0.2, 0) is 26.3 Å². The molecule has 4 rings (SSSR count). The summed E-state index contributed by atoms with van der Waals surface area (Å²) in [6, 6.07) is 0.663. The Morgan fingerprint density at radius 3 is 2.86 bits per heavy atom. The van der Waals surface area contributed by atoms with E-state index in [4.69, 9.17) is 16.3 Å². The number of hydrogen-bond acceptors (Lipinski definition) is 14. The number of nitrogens with one attached hydrogen (secondary N) is 1. The summed E-state index contributed by atoms with van der Waals surface area (Å²) in [5.74, 6) is -1.94. The number of fused-ring (bicyclic) bond motifs is 1. The van der Waals surface area contributed by atoms with Gasteiger partial charge >= 0.3 is 5.16 Å². The van der Waals surface area contributed by atoms with Crippen LogP contribution in [0.25, 0.3) is 0 Å². The number of amides is 2. The zero-order chi connectivity index (χ0) is 26.0. The van der Waals surface area contributed by atoms with Crippen molar-refractivity contribution in [3.63, 3.8) is 0 Å². The number of nitrogens with two attached hydrogens (primary N) is 2. The van der Waals surface area contributed by atoms with Crippen molar-refractivity contribution in [1.29, 1.82) is 0 Å². The molecule has 0 spiro atoms. The van der Waals surface area contributed by atoms with Gasteiger partial charge in [0.25, 0.3) is 11.8 Å². The largest absolute Gasteiger partial charge is 0.543 e. The Bertz CT molecular complexity index is 1280. The molecule has 2 atom stereocenters. The first-order valence-corrected chi connectivity index (χ1v) is 13.2. The summed E-state index contributed by atoms with van der Waals surface area (Å²) in [5, 5.41) is 18.4. The van der Waals surface area contributed by atoms with E-state index in [-0.39, 0.29) is 34.7 Å². The number of carboxylic acids is 1. The molecule has 2 aromatic heterocycles. The maximum atomic E-state index is 13.0. The maximum absolute atomic E-state index is 13.0. The summed E-state index contributed by atoms with van der Waals surface area (Å²) < 4.78 is 5.72. The third-order valence-corrected chi connectivity index (χ3v) is 8.06. The van der Waals surface area contributed by atoms with Crippen LogP contribution in [-0.4, -0.2) is 72.3 Å². The Morgan fingerprint density at radius 2 is 2.19 bits per heavy atom. The van der Waals surface area contributed by atoms with Crippen LogP contribution in [0.4, 0.5) is 10.9 Å². The van der Waals surface area contributed by atoms with Crippen molar-refractivity contribution in [2.75, 3.05) is 29.6 Å². The zero-order valence-electron chi connectivity index (χ0n) is 19.0. The highest BCUT2D eigenvalue weighted by molar-refractivity contribution is 8.01. The normalized spacial score (nSPS) is 19.6. The minimum absolute atomic E-state index is 0.0404. The van der Waals surface area contributed by atoms with Gasteiger partial charge in [-0.2, -0.15) is 9.36 Å². The van der Waals surface area contributed by atoms with Gasteiger partial charge in [-0.25, -0.2) is 4.57 Å². The number of aryl methyl sites for hydroxylation is 1. The van der Waals surface area contributed by atoms with Crippen LogP contribution in [0.1, 0.15) is 12.7 Å². The van der Waals surface area contributed by atoms with E-state index in [0.29, 0.717) is 22.3 Å². The zero-order valence-corrected chi connectivity index (χ0v) is 21.5. The quantitative estimate of drug-likeness (QED) is 0.0762. The minimum atomic E-state index is -1.47. The lowest BCUT2D eigenvalue weighted by Gasteiger charge is -2.50. The van der Waals surface area contributed by atoms with Crippen LogP contribution >= 0.6 is 35.1 Å². The summed E-state index contributed by atoms with van der Waals surface area (Å²) in [5.41, 5.74) is 11.4. The fourth-order valence-electron chi connectivity index (χ4n) is 3.40. The van der Waals surface area contributed by atoms with Crippen molar-refractivity contribution in [2.45, 2.75) is 23.5 Å². The van der Waals surface area contributed by atoms with Crippen molar-refractivity contribution >= 4 is 69.5 Å². The molecular formula is C19H21N9O5S3. The van der Waals surface area contributed by atoms with Crippen LogP contribution in [0.3, 0.4) is 0 Å². The molecule has 190 valence electrons. The Kier molecular flexibility index (Phi) is 7.60. The van der Waals surface area contributed by atoms with Crippen molar-refractivity contribution in [2.24, 2.45) is 12.2 Å². The second-order valence-corrected chi connectivity index (χ2v) is 10.3. The van der Waals surface area contributed by atoms with Gasteiger partial charge in [0.2, 0.25) is 17.4 Å².